The highest BCUT2D eigenvalue weighted by molar-refractivity contribution is 6.07. The molecule has 0 saturated carbocycles. The van der Waals surface area contributed by atoms with Crippen molar-refractivity contribution in [3.63, 3.8) is 0 Å². The van der Waals surface area contributed by atoms with Crippen molar-refractivity contribution in [1.82, 2.24) is 0 Å². The molecule has 5 rings (SSSR count). The minimum atomic E-state index is -0.532. The summed E-state index contributed by atoms with van der Waals surface area (Å²) in [5, 5.41) is 29.0. The lowest BCUT2D eigenvalue weighted by Gasteiger charge is -2.28. The summed E-state index contributed by atoms with van der Waals surface area (Å²) in [7, 11) is 0. The third-order valence-corrected chi connectivity index (χ3v) is 7.64. The third kappa shape index (κ3) is 6.48. The Bertz CT molecular complexity index is 1410. The number of carbonyl (C=O) groups is 2. The van der Waals surface area contributed by atoms with Crippen molar-refractivity contribution in [2.75, 3.05) is 46.6 Å². The van der Waals surface area contributed by atoms with Gasteiger partial charge in [0.1, 0.15) is 11.4 Å². The number of piperidine rings is 2. The van der Waals surface area contributed by atoms with E-state index in [-0.39, 0.29) is 22.5 Å². The van der Waals surface area contributed by atoms with Crippen molar-refractivity contribution in [3.05, 3.63) is 92.0 Å². The largest absolute Gasteiger partial charge is 0.366 e. The maximum Gasteiger partial charge on any atom is 0.293 e. The molecule has 0 spiro atoms. The van der Waals surface area contributed by atoms with Gasteiger partial charge in [-0.2, -0.15) is 0 Å². The average molecular weight is 573 g/mol. The number of benzene rings is 3. The first-order chi connectivity index (χ1) is 20.3. The highest BCUT2D eigenvalue weighted by Gasteiger charge is 2.25. The van der Waals surface area contributed by atoms with Crippen LogP contribution < -0.4 is 20.4 Å². The van der Waals surface area contributed by atoms with E-state index in [0.717, 1.165) is 64.7 Å². The molecule has 0 aliphatic carbocycles. The van der Waals surface area contributed by atoms with Crippen LogP contribution in [0.5, 0.6) is 0 Å². The summed E-state index contributed by atoms with van der Waals surface area (Å²) in [5.41, 5.74) is 1.78. The van der Waals surface area contributed by atoms with E-state index in [0.29, 0.717) is 22.7 Å². The molecule has 3 aromatic carbocycles. The van der Waals surface area contributed by atoms with Gasteiger partial charge in [0.25, 0.3) is 23.2 Å². The number of anilines is 4. The molecule has 12 heteroatoms. The van der Waals surface area contributed by atoms with Crippen LogP contribution in [0.2, 0.25) is 0 Å². The first kappa shape index (κ1) is 28.5. The predicted octanol–water partition coefficient (Wildman–Crippen LogP) is 5.99. The zero-order valence-electron chi connectivity index (χ0n) is 23.1. The van der Waals surface area contributed by atoms with Gasteiger partial charge in [0.2, 0.25) is 0 Å². The topological polar surface area (TPSA) is 151 Å². The molecule has 0 atom stereocenters. The number of carbonyl (C=O) groups excluding carboxylic acids is 2. The van der Waals surface area contributed by atoms with Crippen molar-refractivity contribution in [1.29, 1.82) is 0 Å². The van der Waals surface area contributed by atoms with Crippen LogP contribution in [0.3, 0.4) is 0 Å². The molecule has 3 aromatic rings. The molecule has 0 bridgehead atoms. The van der Waals surface area contributed by atoms with Gasteiger partial charge in [-0.05, 0) is 81.0 Å². The molecule has 0 aromatic heterocycles. The summed E-state index contributed by atoms with van der Waals surface area (Å²) in [4.78, 5) is 52.6. The third-order valence-electron chi connectivity index (χ3n) is 7.64. The number of nitrogens with zero attached hydrogens (tertiary/aromatic N) is 4. The summed E-state index contributed by atoms with van der Waals surface area (Å²) < 4.78 is 0. The van der Waals surface area contributed by atoms with E-state index in [9.17, 15) is 29.8 Å². The average Bonchev–Trinajstić information content (AvgIpc) is 3.01. The zero-order valence-corrected chi connectivity index (χ0v) is 23.1. The highest BCUT2D eigenvalue weighted by Crippen LogP contribution is 2.33. The second-order valence-electron chi connectivity index (χ2n) is 10.5. The van der Waals surface area contributed by atoms with E-state index in [2.05, 4.69) is 10.6 Å². The van der Waals surface area contributed by atoms with E-state index < -0.39 is 21.7 Å². The van der Waals surface area contributed by atoms with Gasteiger partial charge in [-0.1, -0.05) is 6.07 Å². The molecule has 0 radical (unpaired) electrons. The first-order valence-corrected chi connectivity index (χ1v) is 14.1. The van der Waals surface area contributed by atoms with Crippen molar-refractivity contribution in [2.24, 2.45) is 0 Å². The fourth-order valence-electron chi connectivity index (χ4n) is 5.51. The molecule has 2 N–H and O–H groups in total. The Morgan fingerprint density at radius 1 is 0.595 bits per heavy atom. The quantitative estimate of drug-likeness (QED) is 0.247. The maximum atomic E-state index is 13.0. The summed E-state index contributed by atoms with van der Waals surface area (Å²) in [6.07, 6.45) is 6.05. The van der Waals surface area contributed by atoms with E-state index in [1.807, 2.05) is 9.80 Å². The van der Waals surface area contributed by atoms with Crippen molar-refractivity contribution >= 4 is 45.9 Å². The van der Waals surface area contributed by atoms with Gasteiger partial charge in [-0.3, -0.25) is 29.8 Å². The zero-order chi connectivity index (χ0) is 29.6. The summed E-state index contributed by atoms with van der Waals surface area (Å²) in [6, 6.07) is 15.4. The number of hydrogen-bond acceptors (Lipinski definition) is 8. The van der Waals surface area contributed by atoms with Crippen LogP contribution in [0.1, 0.15) is 59.2 Å². The van der Waals surface area contributed by atoms with Crippen LogP contribution in [-0.2, 0) is 0 Å². The van der Waals surface area contributed by atoms with E-state index in [4.69, 9.17) is 0 Å². The summed E-state index contributed by atoms with van der Waals surface area (Å²) in [6.45, 7) is 2.95. The second-order valence-corrected chi connectivity index (χ2v) is 10.5. The Hall–Kier alpha value is -5.00. The molecular weight excluding hydrogens is 540 g/mol. The van der Waals surface area contributed by atoms with E-state index in [1.165, 1.54) is 12.1 Å². The van der Waals surface area contributed by atoms with Crippen molar-refractivity contribution in [2.45, 2.75) is 38.5 Å². The number of nitro benzene ring substituents is 2. The van der Waals surface area contributed by atoms with Gasteiger partial charge in [0.05, 0.1) is 9.85 Å². The molecule has 42 heavy (non-hydrogen) atoms. The monoisotopic (exact) mass is 572 g/mol. The molecule has 2 fully saturated rings. The van der Waals surface area contributed by atoms with Gasteiger partial charge in [-0.15, -0.1) is 0 Å². The standard InChI is InChI=1S/C30H32N6O6/c37-29(21-10-12-25(27(18-21)35(39)40)33-14-3-1-4-15-33)31-23-8-7-9-24(20-23)32-30(38)22-11-13-26(28(19-22)36(41)42)34-16-5-2-6-17-34/h7-13,18-20H,1-6,14-17H2,(H,31,37)(H,32,38). The normalized spacial score (nSPS) is 15.1. The molecule has 0 unspecified atom stereocenters. The smallest absolute Gasteiger partial charge is 0.293 e. The van der Waals surface area contributed by atoms with Crippen LogP contribution in [0.15, 0.2) is 60.7 Å². The molecular formula is C30H32N6O6. The Kier molecular flexibility index (Phi) is 8.60. The summed E-state index contributed by atoms with van der Waals surface area (Å²) >= 11 is 0. The number of amides is 2. The fraction of sp³-hybridized carbons (Fsp3) is 0.333. The molecule has 2 aliphatic heterocycles. The number of nitrogens with one attached hydrogen (secondary N) is 2. The van der Waals surface area contributed by atoms with Crippen molar-refractivity contribution < 1.29 is 19.4 Å². The SMILES string of the molecule is O=C(Nc1cccc(NC(=O)c2ccc(N3CCCCC3)c([N+](=O)[O-])c2)c1)c1ccc(N2CCCCC2)c([N+](=O)[O-])c1. The van der Waals surface area contributed by atoms with Crippen LogP contribution in [0, 0.1) is 20.2 Å². The van der Waals surface area contributed by atoms with Crippen LogP contribution >= 0.6 is 0 Å². The number of hydrogen-bond donors (Lipinski definition) is 2. The second kappa shape index (κ2) is 12.7. The molecule has 12 nitrogen and oxygen atoms in total. The van der Waals surface area contributed by atoms with E-state index in [1.54, 1.807) is 48.5 Å². The van der Waals surface area contributed by atoms with Crippen molar-refractivity contribution in [3.8, 4) is 0 Å². The Morgan fingerprint density at radius 2 is 1.00 bits per heavy atom. The molecule has 218 valence electrons. The molecule has 2 amide bonds. The van der Waals surface area contributed by atoms with Crippen LogP contribution in [0.4, 0.5) is 34.1 Å². The molecule has 2 heterocycles. The van der Waals surface area contributed by atoms with Crippen LogP contribution in [-0.4, -0.2) is 47.8 Å². The molecule has 2 saturated heterocycles. The highest BCUT2D eigenvalue weighted by atomic mass is 16.6. The maximum absolute atomic E-state index is 13.0. The lowest BCUT2D eigenvalue weighted by atomic mass is 10.1. The summed E-state index contributed by atoms with van der Waals surface area (Å²) in [5.74, 6) is -1.06. The van der Waals surface area contributed by atoms with Gasteiger partial charge >= 0.3 is 0 Å². The predicted molar refractivity (Wildman–Crippen MR) is 161 cm³/mol. The Labute approximate surface area is 242 Å². The first-order valence-electron chi connectivity index (χ1n) is 14.1. The van der Waals surface area contributed by atoms with Gasteiger partial charge in [0.15, 0.2) is 0 Å². The lowest BCUT2D eigenvalue weighted by molar-refractivity contribution is -0.384. The van der Waals surface area contributed by atoms with Gasteiger partial charge in [-0.25, -0.2) is 0 Å². The van der Waals surface area contributed by atoms with Gasteiger partial charge < -0.3 is 20.4 Å². The number of rotatable bonds is 8. The Balaban J connectivity index is 1.29. The molecule has 2 aliphatic rings. The lowest BCUT2D eigenvalue weighted by Crippen LogP contribution is -2.30. The van der Waals surface area contributed by atoms with E-state index >= 15 is 0 Å². The van der Waals surface area contributed by atoms with Gasteiger partial charge in [0, 0.05) is 60.8 Å². The minimum absolute atomic E-state index is 0.119. The van der Waals surface area contributed by atoms with Crippen LogP contribution in [0.25, 0.3) is 0 Å². The fourth-order valence-corrected chi connectivity index (χ4v) is 5.51. The minimum Gasteiger partial charge on any atom is -0.366 e. The number of nitro groups is 2. The Morgan fingerprint density at radius 3 is 1.38 bits per heavy atom.